The Kier molecular flexibility index (Phi) is 3.58. The van der Waals surface area contributed by atoms with Crippen LogP contribution in [0.1, 0.15) is 39.0 Å². The third-order valence-corrected chi connectivity index (χ3v) is 5.43. The van der Waals surface area contributed by atoms with E-state index in [1.165, 1.54) is 19.3 Å². The van der Waals surface area contributed by atoms with Gasteiger partial charge in [0.2, 0.25) is 5.88 Å². The van der Waals surface area contributed by atoms with Crippen molar-refractivity contribution in [2.75, 3.05) is 18.0 Å². The number of rotatable bonds is 4. The van der Waals surface area contributed by atoms with E-state index in [0.717, 1.165) is 53.9 Å². The second kappa shape index (κ2) is 5.97. The Morgan fingerprint density at radius 3 is 2.77 bits per heavy atom. The van der Waals surface area contributed by atoms with Gasteiger partial charge in [-0.2, -0.15) is 5.10 Å². The maximum atomic E-state index is 6.03. The number of hydrogen-bond donors (Lipinski definition) is 1. The van der Waals surface area contributed by atoms with Crippen molar-refractivity contribution >= 4 is 16.7 Å². The van der Waals surface area contributed by atoms with E-state index < -0.39 is 0 Å². The second-order valence-electron chi connectivity index (χ2n) is 7.64. The van der Waals surface area contributed by atoms with Crippen molar-refractivity contribution in [3.8, 4) is 17.1 Å². The number of nitrogens with one attached hydrogen (secondary N) is 1. The van der Waals surface area contributed by atoms with E-state index >= 15 is 0 Å². The first-order valence-corrected chi connectivity index (χ1v) is 9.45. The summed E-state index contributed by atoms with van der Waals surface area (Å²) >= 11 is 0. The zero-order valence-electron chi connectivity index (χ0n) is 15.0. The number of nitrogens with zero attached hydrogens (tertiary/aromatic N) is 4. The Balaban J connectivity index is 1.50. The smallest absolute Gasteiger partial charge is 0.214 e. The predicted molar refractivity (Wildman–Crippen MR) is 101 cm³/mol. The number of piperidine rings is 1. The molecule has 0 radical (unpaired) electrons. The van der Waals surface area contributed by atoms with Crippen LogP contribution in [0.15, 0.2) is 30.6 Å². The summed E-state index contributed by atoms with van der Waals surface area (Å²) in [6, 6.07) is 6.16. The molecular weight excluding hydrogens is 326 g/mol. The summed E-state index contributed by atoms with van der Waals surface area (Å²) in [5.41, 5.74) is 2.88. The van der Waals surface area contributed by atoms with Crippen molar-refractivity contribution in [3.63, 3.8) is 0 Å². The second-order valence-corrected chi connectivity index (χ2v) is 7.64. The first-order chi connectivity index (χ1) is 12.7. The molecule has 3 aromatic rings. The average molecular weight is 349 g/mol. The van der Waals surface area contributed by atoms with Crippen molar-refractivity contribution in [2.24, 2.45) is 0 Å². The minimum atomic E-state index is -0.0390. The van der Waals surface area contributed by atoms with Gasteiger partial charge in [0.05, 0.1) is 11.7 Å². The molecule has 5 rings (SSSR count). The van der Waals surface area contributed by atoms with E-state index in [1.54, 1.807) is 6.20 Å². The highest BCUT2D eigenvalue weighted by Crippen LogP contribution is 2.40. The molecule has 6 heteroatoms. The maximum absolute atomic E-state index is 6.03. The van der Waals surface area contributed by atoms with E-state index in [4.69, 9.17) is 4.74 Å². The molecule has 1 aliphatic heterocycles. The lowest BCUT2D eigenvalue weighted by Crippen LogP contribution is -2.30. The van der Waals surface area contributed by atoms with Crippen LogP contribution in [0, 0.1) is 0 Å². The molecule has 2 fully saturated rings. The van der Waals surface area contributed by atoms with Crippen LogP contribution < -0.4 is 9.64 Å². The number of fused-ring (bicyclic) bond motifs is 1. The van der Waals surface area contributed by atoms with Gasteiger partial charge in [0.1, 0.15) is 17.1 Å². The Bertz CT molecular complexity index is 940. The molecule has 26 heavy (non-hydrogen) atoms. The summed E-state index contributed by atoms with van der Waals surface area (Å²) in [5.74, 6) is 1.71. The molecule has 1 saturated heterocycles. The fourth-order valence-corrected chi connectivity index (χ4v) is 3.57. The normalized spacial score (nSPS) is 18.9. The van der Waals surface area contributed by atoms with E-state index in [0.29, 0.717) is 5.88 Å². The van der Waals surface area contributed by atoms with Gasteiger partial charge in [-0.05, 0) is 51.2 Å². The molecule has 1 saturated carbocycles. The van der Waals surface area contributed by atoms with E-state index in [2.05, 4.69) is 38.1 Å². The summed E-state index contributed by atoms with van der Waals surface area (Å²) in [5, 5.41) is 8.66. The van der Waals surface area contributed by atoms with Gasteiger partial charge in [0.15, 0.2) is 0 Å². The molecule has 0 amide bonds. The number of pyridine rings is 2. The quantitative estimate of drug-likeness (QED) is 0.773. The summed E-state index contributed by atoms with van der Waals surface area (Å²) in [6.07, 6.45) is 9.66. The third kappa shape index (κ3) is 2.89. The van der Waals surface area contributed by atoms with Crippen LogP contribution in [-0.4, -0.2) is 38.9 Å². The minimum Gasteiger partial charge on any atom is -0.471 e. The van der Waals surface area contributed by atoms with Gasteiger partial charge in [-0.25, -0.2) is 9.97 Å². The lowest BCUT2D eigenvalue weighted by molar-refractivity contribution is 0.192. The Morgan fingerprint density at radius 1 is 1.12 bits per heavy atom. The molecule has 0 spiro atoms. The highest BCUT2D eigenvalue weighted by Gasteiger charge is 2.40. The van der Waals surface area contributed by atoms with Crippen molar-refractivity contribution in [2.45, 2.75) is 44.6 Å². The standard InChI is InChI=1S/C20H23N5O/c1-20(6-7-20)26-18-12-15-16(13-22-18)23-24-19(15)14-5-8-21-17(11-14)25-9-3-2-4-10-25/h5,8,11-13H,2-4,6-7,9-10H2,1H3,(H,23,24). The third-order valence-electron chi connectivity index (χ3n) is 5.43. The summed E-state index contributed by atoms with van der Waals surface area (Å²) in [7, 11) is 0. The van der Waals surface area contributed by atoms with Gasteiger partial charge in [0, 0.05) is 36.3 Å². The molecule has 1 N–H and O–H groups in total. The van der Waals surface area contributed by atoms with E-state index in [-0.39, 0.29) is 5.60 Å². The van der Waals surface area contributed by atoms with Gasteiger partial charge in [0.25, 0.3) is 0 Å². The fourth-order valence-electron chi connectivity index (χ4n) is 3.57. The number of anilines is 1. The molecule has 0 bridgehead atoms. The van der Waals surface area contributed by atoms with Crippen LogP contribution in [0.2, 0.25) is 0 Å². The molecule has 0 aromatic carbocycles. The summed E-state index contributed by atoms with van der Waals surface area (Å²) < 4.78 is 6.03. The maximum Gasteiger partial charge on any atom is 0.214 e. The van der Waals surface area contributed by atoms with Crippen molar-refractivity contribution in [3.05, 3.63) is 30.6 Å². The number of ether oxygens (including phenoxy) is 1. The molecule has 1 aliphatic carbocycles. The Labute approximate surface area is 152 Å². The van der Waals surface area contributed by atoms with Gasteiger partial charge in [-0.1, -0.05) is 0 Å². The number of H-pyrrole nitrogens is 1. The predicted octanol–water partition coefficient (Wildman–Crippen LogP) is 3.94. The number of hydrogen-bond acceptors (Lipinski definition) is 5. The summed E-state index contributed by atoms with van der Waals surface area (Å²) in [6.45, 7) is 4.29. The van der Waals surface area contributed by atoms with Crippen LogP contribution in [0.5, 0.6) is 5.88 Å². The van der Waals surface area contributed by atoms with Crippen LogP contribution >= 0.6 is 0 Å². The average Bonchev–Trinajstić information content (AvgIpc) is 3.25. The SMILES string of the molecule is CC1(Oc2cc3c(-c4ccnc(N5CCCCC5)c4)n[nH]c3cn2)CC1. The zero-order chi connectivity index (χ0) is 17.6. The molecule has 0 unspecified atom stereocenters. The number of aromatic amines is 1. The minimum absolute atomic E-state index is 0.0390. The first-order valence-electron chi connectivity index (χ1n) is 9.45. The van der Waals surface area contributed by atoms with Crippen molar-refractivity contribution < 1.29 is 4.74 Å². The molecule has 2 aliphatic rings. The molecule has 3 aromatic heterocycles. The van der Waals surface area contributed by atoms with Crippen LogP contribution in [-0.2, 0) is 0 Å². The van der Waals surface area contributed by atoms with Gasteiger partial charge >= 0.3 is 0 Å². The largest absolute Gasteiger partial charge is 0.471 e. The fraction of sp³-hybridized carbons (Fsp3) is 0.450. The lowest BCUT2D eigenvalue weighted by Gasteiger charge is -2.27. The van der Waals surface area contributed by atoms with Crippen molar-refractivity contribution in [1.82, 2.24) is 20.2 Å². The first kappa shape index (κ1) is 15.6. The topological polar surface area (TPSA) is 66.9 Å². The van der Waals surface area contributed by atoms with Gasteiger partial charge < -0.3 is 9.64 Å². The monoisotopic (exact) mass is 349 g/mol. The van der Waals surface area contributed by atoms with Gasteiger partial charge in [-0.15, -0.1) is 0 Å². The van der Waals surface area contributed by atoms with Gasteiger partial charge in [-0.3, -0.25) is 5.10 Å². The molecular formula is C20H23N5O. The highest BCUT2D eigenvalue weighted by atomic mass is 16.5. The van der Waals surface area contributed by atoms with E-state index in [1.807, 2.05) is 18.3 Å². The molecule has 6 nitrogen and oxygen atoms in total. The Hall–Kier alpha value is -2.63. The zero-order valence-corrected chi connectivity index (χ0v) is 15.0. The molecule has 134 valence electrons. The highest BCUT2D eigenvalue weighted by molar-refractivity contribution is 5.93. The number of aromatic nitrogens is 4. The van der Waals surface area contributed by atoms with E-state index in [9.17, 15) is 0 Å². The van der Waals surface area contributed by atoms with Crippen LogP contribution in [0.3, 0.4) is 0 Å². The summed E-state index contributed by atoms with van der Waals surface area (Å²) in [4.78, 5) is 11.4. The van der Waals surface area contributed by atoms with Crippen molar-refractivity contribution in [1.29, 1.82) is 0 Å². The molecule has 0 atom stereocenters. The lowest BCUT2D eigenvalue weighted by atomic mass is 10.1. The Morgan fingerprint density at radius 2 is 1.96 bits per heavy atom. The van der Waals surface area contributed by atoms with Crippen LogP contribution in [0.4, 0.5) is 5.82 Å². The molecule has 4 heterocycles. The van der Waals surface area contributed by atoms with Crippen LogP contribution in [0.25, 0.3) is 22.2 Å².